The second kappa shape index (κ2) is 6.05. The number of amides is 1. The average Bonchev–Trinajstić information content (AvgIpc) is 2.34. The number of ether oxygens (including phenoxy) is 2. The number of methoxy groups -OCH3 is 1. The number of hydrogen-bond donors (Lipinski definition) is 1. The predicted molar refractivity (Wildman–Crippen MR) is 66.9 cm³/mol. The van der Waals surface area contributed by atoms with Crippen LogP contribution in [-0.4, -0.2) is 24.9 Å². The van der Waals surface area contributed by atoms with Gasteiger partial charge in [0.25, 0.3) is 5.91 Å². The van der Waals surface area contributed by atoms with Gasteiger partial charge in [-0.1, -0.05) is 6.92 Å². The molecule has 0 spiro atoms. The van der Waals surface area contributed by atoms with Crippen molar-refractivity contribution in [2.75, 3.05) is 7.11 Å². The molecule has 1 aromatic rings. The second-order valence-corrected chi connectivity index (χ2v) is 3.84. The van der Waals surface area contributed by atoms with E-state index in [1.54, 1.807) is 25.1 Å². The van der Waals surface area contributed by atoms with Gasteiger partial charge in [0.1, 0.15) is 11.5 Å². The van der Waals surface area contributed by atoms with Crippen LogP contribution in [0.2, 0.25) is 0 Å². The largest absolute Gasteiger partial charge is 0.497 e. The molecule has 0 saturated heterocycles. The van der Waals surface area contributed by atoms with Gasteiger partial charge in [-0.3, -0.25) is 9.59 Å². The van der Waals surface area contributed by atoms with Crippen molar-refractivity contribution >= 4 is 11.7 Å². The molecule has 1 aromatic carbocycles. The zero-order valence-electron chi connectivity index (χ0n) is 10.7. The molecule has 1 atom stereocenters. The van der Waals surface area contributed by atoms with Crippen molar-refractivity contribution in [2.45, 2.75) is 26.4 Å². The van der Waals surface area contributed by atoms with Crippen molar-refractivity contribution in [3.05, 3.63) is 23.8 Å². The Labute approximate surface area is 106 Å². The van der Waals surface area contributed by atoms with Crippen LogP contribution in [0.1, 0.15) is 30.6 Å². The summed E-state index contributed by atoms with van der Waals surface area (Å²) < 4.78 is 10.5. The Morgan fingerprint density at radius 3 is 2.50 bits per heavy atom. The lowest BCUT2D eigenvalue weighted by Gasteiger charge is -2.16. The number of ketones is 1. The Balaban J connectivity index is 3.11. The summed E-state index contributed by atoms with van der Waals surface area (Å²) in [6.45, 7) is 3.21. The van der Waals surface area contributed by atoms with Gasteiger partial charge >= 0.3 is 0 Å². The van der Waals surface area contributed by atoms with Crippen LogP contribution >= 0.6 is 0 Å². The van der Waals surface area contributed by atoms with Gasteiger partial charge in [-0.2, -0.15) is 0 Å². The van der Waals surface area contributed by atoms with E-state index in [9.17, 15) is 9.59 Å². The molecule has 0 aliphatic heterocycles. The van der Waals surface area contributed by atoms with E-state index < -0.39 is 12.0 Å². The van der Waals surface area contributed by atoms with Gasteiger partial charge < -0.3 is 15.2 Å². The molecule has 2 N–H and O–H groups in total. The molecular formula is C13H17NO4. The molecule has 18 heavy (non-hydrogen) atoms. The van der Waals surface area contributed by atoms with Crippen LogP contribution in [0.15, 0.2) is 18.2 Å². The third-order valence-corrected chi connectivity index (χ3v) is 2.53. The summed E-state index contributed by atoms with van der Waals surface area (Å²) in [6.07, 6.45) is -0.320. The van der Waals surface area contributed by atoms with Gasteiger partial charge in [0, 0.05) is 6.07 Å². The highest BCUT2D eigenvalue weighted by Crippen LogP contribution is 2.26. The number of hydrogen-bond acceptors (Lipinski definition) is 4. The van der Waals surface area contributed by atoms with E-state index in [2.05, 4.69) is 0 Å². The van der Waals surface area contributed by atoms with E-state index in [0.29, 0.717) is 23.5 Å². The molecule has 0 saturated carbocycles. The molecule has 0 bridgehead atoms. The molecule has 5 heteroatoms. The summed E-state index contributed by atoms with van der Waals surface area (Å²) in [5, 5.41) is 0. The summed E-state index contributed by atoms with van der Waals surface area (Å²) in [5.74, 6) is 0.156. The van der Waals surface area contributed by atoms with E-state index in [0.717, 1.165) is 0 Å². The first kappa shape index (κ1) is 14.0. The number of primary amides is 1. The maximum absolute atomic E-state index is 11.5. The van der Waals surface area contributed by atoms with Crippen LogP contribution in [0.25, 0.3) is 0 Å². The van der Waals surface area contributed by atoms with Crippen molar-refractivity contribution in [2.24, 2.45) is 5.73 Å². The van der Waals surface area contributed by atoms with Crippen LogP contribution in [-0.2, 0) is 4.79 Å². The predicted octanol–water partition coefficient (Wildman–Crippen LogP) is 1.54. The van der Waals surface area contributed by atoms with Gasteiger partial charge in [0.2, 0.25) is 0 Å². The van der Waals surface area contributed by atoms with E-state index in [1.807, 2.05) is 0 Å². The van der Waals surface area contributed by atoms with Crippen molar-refractivity contribution in [3.63, 3.8) is 0 Å². The fourth-order valence-corrected chi connectivity index (χ4v) is 1.51. The lowest BCUT2D eigenvalue weighted by Crippen LogP contribution is -2.33. The van der Waals surface area contributed by atoms with Crippen molar-refractivity contribution in [3.8, 4) is 11.5 Å². The Kier molecular flexibility index (Phi) is 4.71. The highest BCUT2D eigenvalue weighted by molar-refractivity contribution is 5.97. The highest BCUT2D eigenvalue weighted by atomic mass is 16.5. The maximum atomic E-state index is 11.5. The molecule has 0 heterocycles. The molecular weight excluding hydrogens is 234 g/mol. The Morgan fingerprint density at radius 1 is 1.39 bits per heavy atom. The zero-order chi connectivity index (χ0) is 13.7. The normalized spacial score (nSPS) is 11.7. The number of carbonyl (C=O) groups excluding carboxylic acids is 2. The number of nitrogens with two attached hydrogens (primary N) is 1. The molecule has 0 aromatic heterocycles. The van der Waals surface area contributed by atoms with Gasteiger partial charge in [0.15, 0.2) is 11.9 Å². The number of carbonyl (C=O) groups is 2. The number of benzene rings is 1. The topological polar surface area (TPSA) is 78.6 Å². The Morgan fingerprint density at radius 2 is 2.06 bits per heavy atom. The average molecular weight is 251 g/mol. The third-order valence-electron chi connectivity index (χ3n) is 2.53. The Bertz CT molecular complexity index is 456. The molecule has 1 amide bonds. The zero-order valence-corrected chi connectivity index (χ0v) is 10.7. The lowest BCUT2D eigenvalue weighted by atomic mass is 10.1. The molecule has 98 valence electrons. The maximum Gasteiger partial charge on any atom is 0.258 e. The fourth-order valence-electron chi connectivity index (χ4n) is 1.51. The third kappa shape index (κ3) is 3.23. The molecule has 0 aliphatic rings. The van der Waals surface area contributed by atoms with Crippen molar-refractivity contribution < 1.29 is 19.1 Å². The van der Waals surface area contributed by atoms with E-state index in [4.69, 9.17) is 15.2 Å². The van der Waals surface area contributed by atoms with E-state index in [1.165, 1.54) is 14.0 Å². The molecule has 0 aliphatic carbocycles. The van der Waals surface area contributed by atoms with Crippen LogP contribution in [0, 0.1) is 0 Å². The van der Waals surface area contributed by atoms with Gasteiger partial charge in [-0.05, 0) is 25.5 Å². The highest BCUT2D eigenvalue weighted by Gasteiger charge is 2.18. The lowest BCUT2D eigenvalue weighted by molar-refractivity contribution is -0.124. The first-order valence-corrected chi connectivity index (χ1v) is 5.64. The molecule has 1 unspecified atom stereocenters. The smallest absolute Gasteiger partial charge is 0.258 e. The summed E-state index contributed by atoms with van der Waals surface area (Å²) >= 11 is 0. The summed E-state index contributed by atoms with van der Waals surface area (Å²) in [4.78, 5) is 22.6. The quantitative estimate of drug-likeness (QED) is 0.778. The van der Waals surface area contributed by atoms with E-state index >= 15 is 0 Å². The minimum Gasteiger partial charge on any atom is -0.497 e. The van der Waals surface area contributed by atoms with Gasteiger partial charge in [0.05, 0.1) is 12.7 Å². The molecule has 0 fully saturated rings. The standard InChI is InChI=1S/C13H17NO4/c1-4-11(13(14)16)18-12-7-9(17-3)5-6-10(12)8(2)15/h5-7,11H,4H2,1-3H3,(H2,14,16). The minimum absolute atomic E-state index is 0.146. The molecule has 0 radical (unpaired) electrons. The van der Waals surface area contributed by atoms with Crippen LogP contribution < -0.4 is 15.2 Å². The van der Waals surface area contributed by atoms with Crippen LogP contribution in [0.5, 0.6) is 11.5 Å². The van der Waals surface area contributed by atoms with Crippen molar-refractivity contribution in [1.29, 1.82) is 0 Å². The minimum atomic E-state index is -0.754. The summed E-state index contributed by atoms with van der Waals surface area (Å²) in [7, 11) is 1.51. The monoisotopic (exact) mass is 251 g/mol. The van der Waals surface area contributed by atoms with Gasteiger partial charge in [-0.25, -0.2) is 0 Å². The van der Waals surface area contributed by atoms with Crippen LogP contribution in [0.3, 0.4) is 0 Å². The van der Waals surface area contributed by atoms with Crippen LogP contribution in [0.4, 0.5) is 0 Å². The summed E-state index contributed by atoms with van der Waals surface area (Å²) in [6, 6.07) is 4.83. The molecule has 5 nitrogen and oxygen atoms in total. The van der Waals surface area contributed by atoms with Crippen molar-refractivity contribution in [1.82, 2.24) is 0 Å². The number of Topliss-reactive ketones (excluding diaryl/α,β-unsaturated/α-hetero) is 1. The first-order valence-electron chi connectivity index (χ1n) is 5.64. The Hall–Kier alpha value is -2.04. The SMILES string of the molecule is CCC(Oc1cc(OC)ccc1C(C)=O)C(N)=O. The van der Waals surface area contributed by atoms with E-state index in [-0.39, 0.29) is 5.78 Å². The molecule has 1 rings (SSSR count). The summed E-state index contributed by atoms with van der Waals surface area (Å²) in [5.41, 5.74) is 5.61. The fraction of sp³-hybridized carbons (Fsp3) is 0.385. The number of rotatable bonds is 6. The first-order chi connectivity index (χ1) is 8.49. The second-order valence-electron chi connectivity index (χ2n) is 3.84. The van der Waals surface area contributed by atoms with Gasteiger partial charge in [-0.15, -0.1) is 0 Å².